The van der Waals surface area contributed by atoms with E-state index >= 15 is 0 Å². The van der Waals surface area contributed by atoms with E-state index in [1.807, 2.05) is 0 Å². The number of alkyl halides is 3. The quantitative estimate of drug-likeness (QED) is 0.668. The minimum atomic E-state index is -4.41. The third-order valence-corrected chi connectivity index (χ3v) is 3.01. The van der Waals surface area contributed by atoms with Gasteiger partial charge in [-0.05, 0) is 30.0 Å². The fourth-order valence-corrected chi connectivity index (χ4v) is 1.88. The van der Waals surface area contributed by atoms with E-state index in [1.165, 1.54) is 18.2 Å². The maximum atomic E-state index is 12.2. The average molecular weight is 304 g/mol. The van der Waals surface area contributed by atoms with Crippen LogP contribution in [0.4, 0.5) is 18.9 Å². The summed E-state index contributed by atoms with van der Waals surface area (Å²) in [5.41, 5.74) is -4.20. The number of benzene rings is 1. The smallest absolute Gasteiger partial charge is 0.360 e. The first-order valence-electron chi connectivity index (χ1n) is 4.68. The van der Waals surface area contributed by atoms with E-state index in [2.05, 4.69) is 5.32 Å². The zero-order valence-electron chi connectivity index (χ0n) is 9.12. The summed E-state index contributed by atoms with van der Waals surface area (Å²) < 4.78 is 36.5. The van der Waals surface area contributed by atoms with Crippen LogP contribution in [0.3, 0.4) is 0 Å². The molecule has 0 atom stereocenters. The first kappa shape index (κ1) is 15.2. The molecule has 8 heteroatoms. The second-order valence-electron chi connectivity index (χ2n) is 3.12. The Balaban J connectivity index is 2.87. The Bertz CT molecular complexity index is 568. The number of nitriles is 2. The van der Waals surface area contributed by atoms with Crippen molar-refractivity contribution in [2.75, 3.05) is 5.32 Å². The standard InChI is InChI=1S/C11H5ClF3N3S/c12-9-3-8(18-6-7(4-16)5-17)1-2-10(9)19-11(13,14)15/h1-3,6,18H. The molecule has 0 spiro atoms. The summed E-state index contributed by atoms with van der Waals surface area (Å²) in [7, 11) is 0. The van der Waals surface area contributed by atoms with Crippen molar-refractivity contribution in [2.24, 2.45) is 0 Å². The summed E-state index contributed by atoms with van der Waals surface area (Å²) in [5, 5.41) is 19.5. The van der Waals surface area contributed by atoms with Gasteiger partial charge in [0, 0.05) is 16.8 Å². The summed E-state index contributed by atoms with van der Waals surface area (Å²) >= 11 is 5.40. The second kappa shape index (κ2) is 6.37. The van der Waals surface area contributed by atoms with Gasteiger partial charge in [0.05, 0.1) is 5.02 Å². The molecule has 0 bridgehead atoms. The Morgan fingerprint density at radius 3 is 2.42 bits per heavy atom. The minimum absolute atomic E-state index is 0.0730. The van der Waals surface area contributed by atoms with Gasteiger partial charge in [0.2, 0.25) is 0 Å². The molecule has 1 aromatic rings. The monoisotopic (exact) mass is 303 g/mol. The molecule has 0 heterocycles. The predicted molar refractivity (Wildman–Crippen MR) is 66.3 cm³/mol. The van der Waals surface area contributed by atoms with E-state index in [1.54, 1.807) is 12.1 Å². The molecule has 1 N–H and O–H groups in total. The Labute approximate surface area is 116 Å². The molecule has 0 amide bonds. The number of hydrogen-bond acceptors (Lipinski definition) is 4. The lowest BCUT2D eigenvalue weighted by atomic mass is 10.3. The van der Waals surface area contributed by atoms with Gasteiger partial charge in [0.1, 0.15) is 17.7 Å². The molecule has 19 heavy (non-hydrogen) atoms. The highest BCUT2D eigenvalue weighted by molar-refractivity contribution is 8.00. The van der Waals surface area contributed by atoms with Crippen molar-refractivity contribution in [3.05, 3.63) is 35.0 Å². The molecule has 0 aliphatic heterocycles. The number of anilines is 1. The summed E-state index contributed by atoms with van der Waals surface area (Å²) in [6.45, 7) is 0. The van der Waals surface area contributed by atoms with Gasteiger partial charge in [0.15, 0.2) is 0 Å². The van der Waals surface area contributed by atoms with Gasteiger partial charge in [-0.15, -0.1) is 0 Å². The first-order valence-corrected chi connectivity index (χ1v) is 5.87. The van der Waals surface area contributed by atoms with Gasteiger partial charge in [-0.3, -0.25) is 0 Å². The van der Waals surface area contributed by atoms with Gasteiger partial charge in [0.25, 0.3) is 0 Å². The van der Waals surface area contributed by atoms with Gasteiger partial charge in [-0.2, -0.15) is 23.7 Å². The molecule has 0 unspecified atom stereocenters. The Morgan fingerprint density at radius 1 is 1.32 bits per heavy atom. The topological polar surface area (TPSA) is 59.6 Å². The molecule has 1 rings (SSSR count). The molecule has 1 aromatic carbocycles. The second-order valence-corrected chi connectivity index (χ2v) is 4.63. The van der Waals surface area contributed by atoms with Crippen molar-refractivity contribution >= 4 is 29.1 Å². The maximum absolute atomic E-state index is 12.2. The van der Waals surface area contributed by atoms with E-state index in [-0.39, 0.29) is 27.3 Å². The SMILES string of the molecule is N#CC(C#N)=CNc1ccc(SC(F)(F)F)c(Cl)c1. The summed E-state index contributed by atoms with van der Waals surface area (Å²) in [4.78, 5) is -0.121. The number of nitrogens with one attached hydrogen (secondary N) is 1. The van der Waals surface area contributed by atoms with Crippen molar-refractivity contribution in [3.8, 4) is 12.1 Å². The third kappa shape index (κ3) is 5.12. The number of allylic oxidation sites excluding steroid dienone is 1. The minimum Gasteiger partial charge on any atom is -0.360 e. The molecule has 0 radical (unpaired) electrons. The number of rotatable bonds is 3. The van der Waals surface area contributed by atoms with Gasteiger partial charge in [-0.25, -0.2) is 0 Å². The van der Waals surface area contributed by atoms with Crippen molar-refractivity contribution in [1.82, 2.24) is 0 Å². The van der Waals surface area contributed by atoms with Crippen LogP contribution in [0.25, 0.3) is 0 Å². The molecular weight excluding hydrogens is 299 g/mol. The van der Waals surface area contributed by atoms with Crippen LogP contribution in [-0.2, 0) is 0 Å². The highest BCUT2D eigenvalue weighted by Gasteiger charge is 2.30. The van der Waals surface area contributed by atoms with Crippen molar-refractivity contribution in [2.45, 2.75) is 10.4 Å². The van der Waals surface area contributed by atoms with Crippen LogP contribution in [0.2, 0.25) is 5.02 Å². The van der Waals surface area contributed by atoms with Crippen molar-refractivity contribution in [3.63, 3.8) is 0 Å². The first-order chi connectivity index (χ1) is 8.85. The highest BCUT2D eigenvalue weighted by atomic mass is 35.5. The average Bonchev–Trinajstić information content (AvgIpc) is 2.32. The lowest BCUT2D eigenvalue weighted by molar-refractivity contribution is -0.0328. The summed E-state index contributed by atoms with van der Waals surface area (Å²) in [6, 6.07) is 7.11. The molecule has 0 aliphatic rings. The zero-order valence-corrected chi connectivity index (χ0v) is 10.7. The molecule has 3 nitrogen and oxygen atoms in total. The third-order valence-electron chi connectivity index (χ3n) is 1.78. The molecule has 0 aliphatic carbocycles. The Morgan fingerprint density at radius 2 is 1.95 bits per heavy atom. The van der Waals surface area contributed by atoms with Crippen LogP contribution in [-0.4, -0.2) is 5.51 Å². The fraction of sp³-hybridized carbons (Fsp3) is 0.0909. The summed E-state index contributed by atoms with van der Waals surface area (Å²) in [6.07, 6.45) is 1.14. The number of thioether (sulfide) groups is 1. The van der Waals surface area contributed by atoms with Crippen LogP contribution < -0.4 is 5.32 Å². The van der Waals surface area contributed by atoms with Crippen LogP contribution >= 0.6 is 23.4 Å². The van der Waals surface area contributed by atoms with Gasteiger partial charge >= 0.3 is 5.51 Å². The molecule has 98 valence electrons. The molecule has 0 aromatic heterocycles. The van der Waals surface area contributed by atoms with Crippen LogP contribution in [0.1, 0.15) is 0 Å². The van der Waals surface area contributed by atoms with E-state index < -0.39 is 5.51 Å². The highest BCUT2D eigenvalue weighted by Crippen LogP contribution is 2.40. The maximum Gasteiger partial charge on any atom is 0.446 e. The largest absolute Gasteiger partial charge is 0.446 e. The normalized spacial score (nSPS) is 10.2. The van der Waals surface area contributed by atoms with Crippen molar-refractivity contribution < 1.29 is 13.2 Å². The number of hydrogen-bond donors (Lipinski definition) is 1. The van der Waals surface area contributed by atoms with E-state index in [9.17, 15) is 13.2 Å². The van der Waals surface area contributed by atoms with Gasteiger partial charge in [-0.1, -0.05) is 11.6 Å². The molecule has 0 saturated heterocycles. The summed E-state index contributed by atoms with van der Waals surface area (Å²) in [5.74, 6) is 0. The van der Waals surface area contributed by atoms with Crippen LogP contribution in [0, 0.1) is 22.7 Å². The van der Waals surface area contributed by atoms with Gasteiger partial charge < -0.3 is 5.32 Å². The van der Waals surface area contributed by atoms with E-state index in [0.29, 0.717) is 5.69 Å². The van der Waals surface area contributed by atoms with Crippen LogP contribution in [0.15, 0.2) is 34.9 Å². The number of nitrogens with zero attached hydrogens (tertiary/aromatic N) is 2. The lowest BCUT2D eigenvalue weighted by Crippen LogP contribution is -1.99. The van der Waals surface area contributed by atoms with Crippen LogP contribution in [0.5, 0.6) is 0 Å². The predicted octanol–water partition coefficient (Wildman–Crippen LogP) is 4.29. The number of halogens is 4. The molecule has 0 fully saturated rings. The molecular formula is C11H5ClF3N3S. The van der Waals surface area contributed by atoms with Crippen molar-refractivity contribution in [1.29, 1.82) is 10.5 Å². The zero-order chi connectivity index (χ0) is 14.5. The molecule has 0 saturated carbocycles. The fourth-order valence-electron chi connectivity index (χ4n) is 1.04. The van der Waals surface area contributed by atoms with E-state index in [4.69, 9.17) is 22.1 Å². The Hall–Kier alpha value is -1.83. The van der Waals surface area contributed by atoms with E-state index in [0.717, 1.165) is 6.20 Å². The lowest BCUT2D eigenvalue weighted by Gasteiger charge is -2.08. The Kier molecular flexibility index (Phi) is 5.11.